The maximum Gasteiger partial charge on any atom is 0.291 e. The topological polar surface area (TPSA) is 71.3 Å². The molecule has 5 heteroatoms. The largest absolute Gasteiger partial charge is 0.459 e. The van der Waals surface area contributed by atoms with E-state index in [9.17, 15) is 9.59 Å². The first-order valence-electron chi connectivity index (χ1n) is 8.49. The first-order chi connectivity index (χ1) is 12.7. The molecule has 0 unspecified atom stereocenters. The lowest BCUT2D eigenvalue weighted by Crippen LogP contribution is -2.13. The Kier molecular flexibility index (Phi) is 5.83. The number of furan rings is 1. The number of carbonyl (C=O) groups excluding carboxylic acids is 2. The Morgan fingerprint density at radius 3 is 2.35 bits per heavy atom. The van der Waals surface area contributed by atoms with Gasteiger partial charge in [0, 0.05) is 17.8 Å². The number of rotatable bonds is 7. The molecule has 0 aliphatic carbocycles. The van der Waals surface area contributed by atoms with Crippen LogP contribution in [0.4, 0.5) is 11.4 Å². The average molecular weight is 348 g/mol. The van der Waals surface area contributed by atoms with Gasteiger partial charge in [-0.2, -0.15) is 0 Å². The molecule has 0 bridgehead atoms. The molecular weight excluding hydrogens is 328 g/mol. The van der Waals surface area contributed by atoms with Crippen molar-refractivity contribution in [2.45, 2.75) is 19.3 Å². The molecule has 2 N–H and O–H groups in total. The van der Waals surface area contributed by atoms with Crippen molar-refractivity contribution in [3.8, 4) is 0 Å². The van der Waals surface area contributed by atoms with Crippen LogP contribution in [0.1, 0.15) is 29.0 Å². The molecule has 2 amide bonds. The minimum absolute atomic E-state index is 0.0459. The molecule has 0 atom stereocenters. The number of aryl methyl sites for hydroxylation is 1. The van der Waals surface area contributed by atoms with Crippen LogP contribution in [0.25, 0.3) is 0 Å². The number of hydrogen-bond acceptors (Lipinski definition) is 3. The van der Waals surface area contributed by atoms with Gasteiger partial charge in [0.05, 0.1) is 6.26 Å². The lowest BCUT2D eigenvalue weighted by Gasteiger charge is -2.08. The summed E-state index contributed by atoms with van der Waals surface area (Å²) in [7, 11) is 0. The maximum absolute atomic E-state index is 12.1. The van der Waals surface area contributed by atoms with Gasteiger partial charge in [-0.1, -0.05) is 36.4 Å². The number of carbonyl (C=O) groups is 2. The van der Waals surface area contributed by atoms with E-state index in [-0.39, 0.29) is 17.6 Å². The van der Waals surface area contributed by atoms with E-state index in [4.69, 9.17) is 4.42 Å². The van der Waals surface area contributed by atoms with E-state index >= 15 is 0 Å². The Morgan fingerprint density at radius 1 is 0.846 bits per heavy atom. The van der Waals surface area contributed by atoms with E-state index in [2.05, 4.69) is 22.8 Å². The van der Waals surface area contributed by atoms with Gasteiger partial charge in [0.15, 0.2) is 5.76 Å². The molecular formula is C21H20N2O3. The highest BCUT2D eigenvalue weighted by molar-refractivity contribution is 6.02. The van der Waals surface area contributed by atoms with Crippen LogP contribution in [-0.2, 0) is 11.2 Å². The summed E-state index contributed by atoms with van der Waals surface area (Å²) in [5.74, 6) is -0.142. The van der Waals surface area contributed by atoms with E-state index in [1.165, 1.54) is 11.8 Å². The second-order valence-electron chi connectivity index (χ2n) is 5.90. The molecule has 0 fully saturated rings. The van der Waals surface area contributed by atoms with Crippen LogP contribution < -0.4 is 10.6 Å². The van der Waals surface area contributed by atoms with Crippen molar-refractivity contribution < 1.29 is 14.0 Å². The molecule has 3 rings (SSSR count). The Hall–Kier alpha value is -3.34. The second-order valence-corrected chi connectivity index (χ2v) is 5.90. The zero-order chi connectivity index (χ0) is 18.2. The molecule has 0 spiro atoms. The van der Waals surface area contributed by atoms with Crippen LogP contribution in [0.5, 0.6) is 0 Å². The predicted octanol–water partition coefficient (Wildman–Crippen LogP) is 4.49. The predicted molar refractivity (Wildman–Crippen MR) is 101 cm³/mol. The van der Waals surface area contributed by atoms with Crippen LogP contribution in [0.15, 0.2) is 77.4 Å². The van der Waals surface area contributed by atoms with Crippen molar-refractivity contribution in [1.82, 2.24) is 0 Å². The fourth-order valence-corrected chi connectivity index (χ4v) is 2.60. The number of amides is 2. The average Bonchev–Trinajstić information content (AvgIpc) is 3.18. The molecule has 0 aliphatic rings. The molecule has 5 nitrogen and oxygen atoms in total. The highest BCUT2D eigenvalue weighted by Gasteiger charge is 2.09. The summed E-state index contributed by atoms with van der Waals surface area (Å²) in [6, 6.07) is 20.4. The van der Waals surface area contributed by atoms with Crippen molar-refractivity contribution >= 4 is 23.2 Å². The Bertz CT molecular complexity index is 858. The monoisotopic (exact) mass is 348 g/mol. The smallest absolute Gasteiger partial charge is 0.291 e. The molecule has 0 saturated heterocycles. The van der Waals surface area contributed by atoms with Crippen LogP contribution in [0.2, 0.25) is 0 Å². The summed E-state index contributed by atoms with van der Waals surface area (Å²) < 4.78 is 5.06. The molecule has 3 aromatic rings. The van der Waals surface area contributed by atoms with Gasteiger partial charge in [0.1, 0.15) is 0 Å². The summed E-state index contributed by atoms with van der Waals surface area (Å²) in [4.78, 5) is 24.1. The van der Waals surface area contributed by atoms with E-state index in [1.807, 2.05) is 18.2 Å². The van der Waals surface area contributed by atoms with E-state index in [0.29, 0.717) is 17.8 Å². The normalized spacial score (nSPS) is 10.3. The Balaban J connectivity index is 1.50. The second kappa shape index (κ2) is 8.67. The third-order valence-electron chi connectivity index (χ3n) is 3.86. The Labute approximate surface area is 152 Å². The van der Waals surface area contributed by atoms with Crippen LogP contribution in [0, 0.1) is 0 Å². The van der Waals surface area contributed by atoms with E-state index in [1.54, 1.807) is 36.4 Å². The Morgan fingerprint density at radius 2 is 1.62 bits per heavy atom. The van der Waals surface area contributed by atoms with Crippen molar-refractivity contribution in [3.63, 3.8) is 0 Å². The van der Waals surface area contributed by atoms with Crippen LogP contribution in [0.3, 0.4) is 0 Å². The van der Waals surface area contributed by atoms with Crippen molar-refractivity contribution in [3.05, 3.63) is 84.3 Å². The zero-order valence-corrected chi connectivity index (χ0v) is 14.3. The molecule has 1 aromatic heterocycles. The highest BCUT2D eigenvalue weighted by atomic mass is 16.3. The van der Waals surface area contributed by atoms with Gasteiger partial charge in [-0.3, -0.25) is 9.59 Å². The number of anilines is 2. The third kappa shape index (κ3) is 5.08. The first-order valence-corrected chi connectivity index (χ1v) is 8.49. The minimum atomic E-state index is -0.332. The zero-order valence-electron chi connectivity index (χ0n) is 14.3. The van der Waals surface area contributed by atoms with Gasteiger partial charge >= 0.3 is 0 Å². The number of nitrogens with one attached hydrogen (secondary N) is 2. The van der Waals surface area contributed by atoms with Gasteiger partial charge in [-0.25, -0.2) is 0 Å². The van der Waals surface area contributed by atoms with Crippen LogP contribution in [-0.4, -0.2) is 11.8 Å². The molecule has 132 valence electrons. The lowest BCUT2D eigenvalue weighted by atomic mass is 10.1. The minimum Gasteiger partial charge on any atom is -0.459 e. The van der Waals surface area contributed by atoms with Gasteiger partial charge in [-0.05, 0) is 48.7 Å². The molecule has 0 aliphatic heterocycles. The number of benzene rings is 2. The highest BCUT2D eigenvalue weighted by Crippen LogP contribution is 2.17. The fraction of sp³-hybridized carbons (Fsp3) is 0.143. The summed E-state index contributed by atoms with van der Waals surface area (Å²) in [5.41, 5.74) is 2.46. The molecule has 26 heavy (non-hydrogen) atoms. The summed E-state index contributed by atoms with van der Waals surface area (Å²) in [6.45, 7) is 0. The van der Waals surface area contributed by atoms with Crippen molar-refractivity contribution in [2.75, 3.05) is 10.6 Å². The van der Waals surface area contributed by atoms with Crippen molar-refractivity contribution in [2.24, 2.45) is 0 Å². The van der Waals surface area contributed by atoms with Crippen LogP contribution >= 0.6 is 0 Å². The summed E-state index contributed by atoms with van der Waals surface area (Å²) >= 11 is 0. The molecule has 0 radical (unpaired) electrons. The third-order valence-corrected chi connectivity index (χ3v) is 3.86. The first kappa shape index (κ1) is 17.5. The fourth-order valence-electron chi connectivity index (χ4n) is 2.60. The van der Waals surface area contributed by atoms with E-state index in [0.717, 1.165) is 12.8 Å². The van der Waals surface area contributed by atoms with E-state index < -0.39 is 0 Å². The molecule has 0 saturated carbocycles. The van der Waals surface area contributed by atoms with Gasteiger partial charge in [0.25, 0.3) is 5.91 Å². The van der Waals surface area contributed by atoms with Gasteiger partial charge in [-0.15, -0.1) is 0 Å². The van der Waals surface area contributed by atoms with Crippen molar-refractivity contribution in [1.29, 1.82) is 0 Å². The number of hydrogen-bond donors (Lipinski definition) is 2. The van der Waals surface area contributed by atoms with Gasteiger partial charge in [0.2, 0.25) is 5.91 Å². The SMILES string of the molecule is O=C(CCCc1ccccc1)Nc1cccc(NC(=O)c2ccco2)c1. The summed E-state index contributed by atoms with van der Waals surface area (Å²) in [6.07, 6.45) is 3.54. The van der Waals surface area contributed by atoms with Gasteiger partial charge < -0.3 is 15.1 Å². The lowest BCUT2D eigenvalue weighted by molar-refractivity contribution is -0.116. The molecule has 1 heterocycles. The maximum atomic E-state index is 12.1. The molecule has 2 aromatic carbocycles. The standard InChI is InChI=1S/C21H20N2O3/c24-20(13-4-9-16-7-2-1-3-8-16)22-17-10-5-11-18(15-17)23-21(25)19-12-6-14-26-19/h1-3,5-8,10-12,14-15H,4,9,13H2,(H,22,24)(H,23,25). The quantitative estimate of drug-likeness (QED) is 0.661. The summed E-state index contributed by atoms with van der Waals surface area (Å²) in [5, 5.41) is 5.60.